The molecule has 0 radical (unpaired) electrons. The molecule has 0 atom stereocenters. The Morgan fingerprint density at radius 1 is 1.25 bits per heavy atom. The summed E-state index contributed by atoms with van der Waals surface area (Å²) in [5.41, 5.74) is 12.0. The zero-order valence-electron chi connectivity index (χ0n) is 18.2. The van der Waals surface area contributed by atoms with Gasteiger partial charge in [-0.25, -0.2) is 9.97 Å². The summed E-state index contributed by atoms with van der Waals surface area (Å²) in [6, 6.07) is 8.75. The Labute approximate surface area is 186 Å². The first-order valence-electron chi connectivity index (χ1n) is 11.2. The largest absolute Gasteiger partial charge is 0.395 e. The fraction of sp³-hybridized carbons (Fsp3) is 0.375. The smallest absolute Gasteiger partial charge is 0.253 e. The molecule has 0 unspecified atom stereocenters. The Morgan fingerprint density at radius 2 is 2.06 bits per heavy atom. The van der Waals surface area contributed by atoms with Crippen molar-refractivity contribution in [2.45, 2.75) is 38.1 Å². The molecule has 1 aliphatic carbocycles. The Kier molecular flexibility index (Phi) is 5.30. The number of aromatic amines is 1. The van der Waals surface area contributed by atoms with E-state index in [2.05, 4.69) is 32.7 Å². The van der Waals surface area contributed by atoms with Crippen LogP contribution in [-0.4, -0.2) is 50.7 Å². The Bertz CT molecular complexity index is 1280. The number of benzene rings is 2. The lowest BCUT2D eigenvalue weighted by Crippen LogP contribution is -2.25. The Hall–Kier alpha value is -3.39. The van der Waals surface area contributed by atoms with Crippen molar-refractivity contribution in [3.8, 4) is 11.1 Å². The third-order valence-corrected chi connectivity index (χ3v) is 6.63. The van der Waals surface area contributed by atoms with E-state index in [1.807, 2.05) is 24.3 Å². The van der Waals surface area contributed by atoms with Gasteiger partial charge in [-0.15, -0.1) is 0 Å². The zero-order chi connectivity index (χ0) is 22.2. The van der Waals surface area contributed by atoms with E-state index in [9.17, 15) is 9.90 Å². The number of carbonyl (C=O) groups is 1. The number of fused-ring (bicyclic) bond motifs is 2. The minimum Gasteiger partial charge on any atom is -0.395 e. The van der Waals surface area contributed by atoms with Gasteiger partial charge in [-0.05, 0) is 36.6 Å². The van der Waals surface area contributed by atoms with Crippen LogP contribution >= 0.6 is 0 Å². The van der Waals surface area contributed by atoms with Crippen LogP contribution in [-0.2, 0) is 0 Å². The van der Waals surface area contributed by atoms with E-state index in [0.29, 0.717) is 34.9 Å². The summed E-state index contributed by atoms with van der Waals surface area (Å²) >= 11 is 0. The molecular formula is C24H28N6O2. The average Bonchev–Trinajstić information content (AvgIpc) is 3.45. The van der Waals surface area contributed by atoms with Crippen molar-refractivity contribution in [2.75, 3.05) is 25.1 Å². The Morgan fingerprint density at radius 3 is 2.81 bits per heavy atom. The van der Waals surface area contributed by atoms with Gasteiger partial charge in [-0.1, -0.05) is 25.3 Å². The second-order valence-corrected chi connectivity index (χ2v) is 8.60. The van der Waals surface area contributed by atoms with E-state index in [1.54, 1.807) is 6.33 Å². The van der Waals surface area contributed by atoms with Crippen molar-refractivity contribution >= 4 is 33.7 Å². The molecule has 166 valence electrons. The maximum absolute atomic E-state index is 12.3. The molecule has 0 saturated heterocycles. The first kappa shape index (κ1) is 20.5. The van der Waals surface area contributed by atoms with Crippen molar-refractivity contribution in [1.82, 2.24) is 19.5 Å². The third-order valence-electron chi connectivity index (χ3n) is 6.63. The second-order valence-electron chi connectivity index (χ2n) is 8.60. The highest BCUT2D eigenvalue weighted by Gasteiger charge is 2.22. The number of hydrogen-bond acceptors (Lipinski definition) is 5. The molecule has 8 nitrogen and oxygen atoms in total. The monoisotopic (exact) mass is 432 g/mol. The number of H-pyrrole nitrogens is 1. The number of likely N-dealkylation sites (N-methyl/N-ethyl adjacent to an activating group) is 1. The van der Waals surface area contributed by atoms with Gasteiger partial charge in [0.05, 0.1) is 52.6 Å². The van der Waals surface area contributed by atoms with E-state index in [-0.39, 0.29) is 6.61 Å². The minimum atomic E-state index is -0.535. The number of nitrogens with one attached hydrogen (secondary N) is 1. The molecule has 2 aromatic carbocycles. The summed E-state index contributed by atoms with van der Waals surface area (Å²) in [6.45, 7) is 0.347. The zero-order valence-corrected chi connectivity index (χ0v) is 18.2. The van der Waals surface area contributed by atoms with Gasteiger partial charge in [0.2, 0.25) is 0 Å². The lowest BCUT2D eigenvalue weighted by molar-refractivity contribution is 0.100. The normalized spacial score (nSPS) is 14.9. The highest BCUT2D eigenvalue weighted by atomic mass is 16.3. The van der Waals surface area contributed by atoms with Gasteiger partial charge in [-0.3, -0.25) is 4.79 Å². The number of primary amides is 1. The van der Waals surface area contributed by atoms with Crippen LogP contribution in [0.1, 0.15) is 48.5 Å². The van der Waals surface area contributed by atoms with Gasteiger partial charge in [0.15, 0.2) is 0 Å². The van der Waals surface area contributed by atoms with Crippen molar-refractivity contribution in [1.29, 1.82) is 0 Å². The maximum Gasteiger partial charge on any atom is 0.253 e. The number of aliphatic hydroxyl groups is 1. The van der Waals surface area contributed by atoms with Crippen LogP contribution in [0.5, 0.6) is 0 Å². The van der Waals surface area contributed by atoms with E-state index < -0.39 is 5.91 Å². The van der Waals surface area contributed by atoms with Gasteiger partial charge >= 0.3 is 0 Å². The standard InChI is InChI=1S/C24H28N6O2/c1-29(9-10-31)20-12-17(22-23(27-13-26-22)21(20)24(25)32)15-7-8-19-18(11-15)28-14-30(19)16-5-3-2-4-6-16/h7-8,11-14,16,31H,2-6,9-10H2,1H3,(H2,25,32)(H,26,27). The molecule has 5 rings (SSSR count). The molecule has 2 aromatic heterocycles. The first-order valence-corrected chi connectivity index (χ1v) is 11.2. The van der Waals surface area contributed by atoms with Crippen LogP contribution < -0.4 is 10.6 Å². The molecule has 4 aromatic rings. The van der Waals surface area contributed by atoms with Crippen molar-refractivity contribution in [2.24, 2.45) is 5.73 Å². The molecule has 1 amide bonds. The maximum atomic E-state index is 12.3. The summed E-state index contributed by atoms with van der Waals surface area (Å²) in [4.78, 5) is 26.4. The highest BCUT2D eigenvalue weighted by molar-refractivity contribution is 6.13. The predicted octanol–water partition coefficient (Wildman–Crippen LogP) is 3.61. The minimum absolute atomic E-state index is 0.0321. The average molecular weight is 433 g/mol. The van der Waals surface area contributed by atoms with E-state index >= 15 is 0 Å². The van der Waals surface area contributed by atoms with Crippen LogP contribution in [0.25, 0.3) is 33.2 Å². The van der Waals surface area contributed by atoms with Gasteiger partial charge in [0, 0.05) is 25.2 Å². The van der Waals surface area contributed by atoms with Crippen LogP contribution in [0.2, 0.25) is 0 Å². The van der Waals surface area contributed by atoms with E-state index in [1.165, 1.54) is 32.1 Å². The lowest BCUT2D eigenvalue weighted by Gasteiger charge is -2.23. The fourth-order valence-corrected chi connectivity index (χ4v) is 4.98. The number of hydrogen-bond donors (Lipinski definition) is 3. The molecule has 8 heteroatoms. The number of nitrogens with two attached hydrogens (primary N) is 1. The second kappa shape index (κ2) is 8.27. The third kappa shape index (κ3) is 3.40. The number of aliphatic hydroxyl groups excluding tert-OH is 1. The number of aromatic nitrogens is 4. The Balaban J connectivity index is 1.65. The van der Waals surface area contributed by atoms with E-state index in [4.69, 9.17) is 10.7 Å². The van der Waals surface area contributed by atoms with Gasteiger partial charge in [0.25, 0.3) is 5.91 Å². The molecule has 1 saturated carbocycles. The number of imidazole rings is 2. The quantitative estimate of drug-likeness (QED) is 0.431. The van der Waals surface area contributed by atoms with E-state index in [0.717, 1.165) is 22.2 Å². The molecular weight excluding hydrogens is 404 g/mol. The summed E-state index contributed by atoms with van der Waals surface area (Å²) in [5, 5.41) is 9.43. The molecule has 4 N–H and O–H groups in total. The number of nitrogens with zero attached hydrogens (tertiary/aromatic N) is 4. The van der Waals surface area contributed by atoms with Crippen molar-refractivity contribution < 1.29 is 9.90 Å². The van der Waals surface area contributed by atoms with Gasteiger partial charge in [-0.2, -0.15) is 0 Å². The fourth-order valence-electron chi connectivity index (χ4n) is 4.98. The van der Waals surface area contributed by atoms with Crippen molar-refractivity contribution in [3.05, 3.63) is 42.5 Å². The van der Waals surface area contributed by atoms with Crippen LogP contribution in [0.15, 0.2) is 36.9 Å². The summed E-state index contributed by atoms with van der Waals surface area (Å²) in [7, 11) is 1.83. The van der Waals surface area contributed by atoms with Crippen LogP contribution in [0.3, 0.4) is 0 Å². The summed E-state index contributed by atoms with van der Waals surface area (Å²) in [6.07, 6.45) is 9.82. The number of rotatable bonds is 6. The number of amides is 1. The molecule has 0 spiro atoms. The summed E-state index contributed by atoms with van der Waals surface area (Å²) < 4.78 is 2.32. The predicted molar refractivity (Wildman–Crippen MR) is 126 cm³/mol. The van der Waals surface area contributed by atoms with Gasteiger partial charge in [0.1, 0.15) is 0 Å². The molecule has 1 aliphatic rings. The van der Waals surface area contributed by atoms with Crippen LogP contribution in [0.4, 0.5) is 5.69 Å². The van der Waals surface area contributed by atoms with Crippen molar-refractivity contribution in [3.63, 3.8) is 0 Å². The molecule has 0 aliphatic heterocycles. The molecule has 0 bridgehead atoms. The topological polar surface area (TPSA) is 113 Å². The highest BCUT2D eigenvalue weighted by Crippen LogP contribution is 2.37. The molecule has 32 heavy (non-hydrogen) atoms. The van der Waals surface area contributed by atoms with Gasteiger partial charge < -0.3 is 25.3 Å². The lowest BCUT2D eigenvalue weighted by atomic mass is 9.95. The SMILES string of the molecule is CN(CCO)c1cc(-c2ccc3c(c2)ncn3C2CCCCC2)c2nc[nH]c2c1C(N)=O. The number of anilines is 1. The molecule has 1 fully saturated rings. The first-order chi connectivity index (χ1) is 15.6. The number of carbonyl (C=O) groups excluding carboxylic acids is 1. The van der Waals surface area contributed by atoms with Crippen LogP contribution in [0, 0.1) is 0 Å². The summed E-state index contributed by atoms with van der Waals surface area (Å²) in [5.74, 6) is -0.535. The molecule has 2 heterocycles.